The minimum absolute atomic E-state index is 0.182. The van der Waals surface area contributed by atoms with Gasteiger partial charge in [0, 0.05) is 16.9 Å². The smallest absolute Gasteiger partial charge is 0.228 e. The molecule has 0 unspecified atom stereocenters. The van der Waals surface area contributed by atoms with E-state index < -0.39 is 0 Å². The van der Waals surface area contributed by atoms with Crippen LogP contribution < -0.4 is 9.47 Å². The highest BCUT2D eigenvalue weighted by atomic mass is 16.5. The van der Waals surface area contributed by atoms with E-state index in [0.717, 1.165) is 49.9 Å². The monoisotopic (exact) mass is 507 g/mol. The highest BCUT2D eigenvalue weighted by molar-refractivity contribution is 5.91. The number of para-hydroxylation sites is 1. The lowest BCUT2D eigenvalue weighted by atomic mass is 9.81. The molecule has 0 N–H and O–H groups in total. The van der Waals surface area contributed by atoms with Crippen LogP contribution in [0.1, 0.15) is 22.6 Å². The van der Waals surface area contributed by atoms with E-state index in [1.54, 1.807) is 18.0 Å². The molecule has 0 bridgehead atoms. The first-order chi connectivity index (χ1) is 19.3. The van der Waals surface area contributed by atoms with Crippen molar-refractivity contribution in [3.8, 4) is 28.9 Å². The lowest BCUT2D eigenvalue weighted by Gasteiger charge is -2.29. The molecule has 0 fully saturated rings. The van der Waals surface area contributed by atoms with Crippen LogP contribution in [-0.2, 0) is 0 Å². The van der Waals surface area contributed by atoms with Crippen molar-refractivity contribution in [2.45, 2.75) is 5.92 Å². The molecule has 1 aliphatic heterocycles. The van der Waals surface area contributed by atoms with Gasteiger partial charge in [0.05, 0.1) is 18.2 Å². The summed E-state index contributed by atoms with van der Waals surface area (Å²) in [6, 6.07) is 32.7. The summed E-state index contributed by atoms with van der Waals surface area (Å²) in [4.78, 5) is 14.5. The predicted octanol–water partition coefficient (Wildman–Crippen LogP) is 6.79. The van der Waals surface area contributed by atoms with Crippen LogP contribution >= 0.6 is 0 Å². The van der Waals surface area contributed by atoms with Gasteiger partial charge in [-0.25, -0.2) is 19.5 Å². The Labute approximate surface area is 223 Å². The molecule has 4 heterocycles. The topological polar surface area (TPSA) is 74.4 Å². The molecule has 4 aromatic carbocycles. The van der Waals surface area contributed by atoms with E-state index in [1.165, 1.54) is 0 Å². The van der Waals surface area contributed by atoms with Crippen LogP contribution in [0.5, 0.6) is 17.4 Å². The summed E-state index contributed by atoms with van der Waals surface area (Å²) in [6.45, 7) is 0. The number of ether oxygens (including phenoxy) is 2. The maximum atomic E-state index is 6.43. The molecule has 8 rings (SSSR count). The number of benzene rings is 4. The molecule has 186 valence electrons. The first kappa shape index (κ1) is 21.8. The molecule has 7 nitrogen and oxygen atoms in total. The van der Waals surface area contributed by atoms with Crippen molar-refractivity contribution in [1.82, 2.24) is 24.6 Å². The molecule has 7 heteroatoms. The van der Waals surface area contributed by atoms with E-state index in [0.29, 0.717) is 23.0 Å². The summed E-state index contributed by atoms with van der Waals surface area (Å²) in [5, 5.41) is 8.11. The second-order valence-corrected chi connectivity index (χ2v) is 9.56. The summed E-state index contributed by atoms with van der Waals surface area (Å²) < 4.78 is 13.6. The van der Waals surface area contributed by atoms with E-state index >= 15 is 0 Å². The Morgan fingerprint density at radius 3 is 2.44 bits per heavy atom. The Morgan fingerprint density at radius 2 is 1.56 bits per heavy atom. The molecule has 0 saturated carbocycles. The van der Waals surface area contributed by atoms with Crippen molar-refractivity contribution < 1.29 is 9.47 Å². The van der Waals surface area contributed by atoms with Gasteiger partial charge in [-0.15, -0.1) is 5.10 Å². The van der Waals surface area contributed by atoms with Crippen LogP contribution in [-0.4, -0.2) is 31.7 Å². The van der Waals surface area contributed by atoms with Gasteiger partial charge in [-0.3, -0.25) is 0 Å². The van der Waals surface area contributed by atoms with Gasteiger partial charge in [0.25, 0.3) is 0 Å². The average molecular weight is 508 g/mol. The lowest BCUT2D eigenvalue weighted by molar-refractivity contribution is 0.414. The highest BCUT2D eigenvalue weighted by Gasteiger charge is 2.34. The van der Waals surface area contributed by atoms with Crippen LogP contribution in [0, 0.1) is 0 Å². The zero-order valence-electron chi connectivity index (χ0n) is 20.9. The normalized spacial score (nSPS) is 14.2. The number of aromatic nitrogens is 5. The van der Waals surface area contributed by atoms with Crippen LogP contribution in [0.4, 0.5) is 0 Å². The van der Waals surface area contributed by atoms with E-state index in [2.05, 4.69) is 47.4 Å². The molecule has 0 radical (unpaired) electrons. The van der Waals surface area contributed by atoms with Crippen molar-refractivity contribution in [3.63, 3.8) is 0 Å². The van der Waals surface area contributed by atoms with Crippen LogP contribution in [0.15, 0.2) is 103 Å². The molecular formula is C32H21N5O2. The van der Waals surface area contributed by atoms with E-state index in [4.69, 9.17) is 24.5 Å². The standard InChI is InChI=1S/C32H21N5O2/c1-38-22-14-10-21(11-15-22)27-28-23-8-4-2-6-19(23)13-17-26(28)39-32-29(27)31-35-30(36-37(31)18-33-32)25-16-12-20-7-3-5-9-24(20)34-25/h2-18,27H,1H3/t27-/m1/s1. The summed E-state index contributed by atoms with van der Waals surface area (Å²) >= 11 is 0. The third-order valence-corrected chi connectivity index (χ3v) is 7.38. The Hall–Kier alpha value is -5.30. The quantitative estimate of drug-likeness (QED) is 0.262. The molecule has 1 atom stereocenters. The van der Waals surface area contributed by atoms with Crippen molar-refractivity contribution >= 4 is 27.3 Å². The minimum Gasteiger partial charge on any atom is -0.497 e. The first-order valence-electron chi connectivity index (χ1n) is 12.7. The fraction of sp³-hybridized carbons (Fsp3) is 0.0625. The number of hydrogen-bond acceptors (Lipinski definition) is 6. The molecule has 0 saturated heterocycles. The maximum Gasteiger partial charge on any atom is 0.228 e. The van der Waals surface area contributed by atoms with Crippen molar-refractivity contribution in [2.24, 2.45) is 0 Å². The molecule has 3 aromatic heterocycles. The predicted molar refractivity (Wildman–Crippen MR) is 149 cm³/mol. The van der Waals surface area contributed by atoms with Gasteiger partial charge >= 0.3 is 0 Å². The van der Waals surface area contributed by atoms with Crippen molar-refractivity contribution in [2.75, 3.05) is 7.11 Å². The van der Waals surface area contributed by atoms with Crippen molar-refractivity contribution in [3.05, 3.63) is 120 Å². The third kappa shape index (κ3) is 3.37. The maximum absolute atomic E-state index is 6.43. The minimum atomic E-state index is -0.182. The second-order valence-electron chi connectivity index (χ2n) is 9.56. The SMILES string of the molecule is COc1ccc([C@@H]2c3c(ccc4ccccc34)Oc3ncn4nc(-c5ccc6ccccc6n5)nc4c32)cc1. The van der Waals surface area contributed by atoms with E-state index in [9.17, 15) is 0 Å². The Kier molecular flexibility index (Phi) is 4.66. The highest BCUT2D eigenvalue weighted by Crippen LogP contribution is 2.50. The lowest BCUT2D eigenvalue weighted by Crippen LogP contribution is -2.15. The Bertz CT molecular complexity index is 2050. The van der Waals surface area contributed by atoms with Crippen LogP contribution in [0.2, 0.25) is 0 Å². The number of rotatable bonds is 3. The largest absolute Gasteiger partial charge is 0.497 e. The number of fused-ring (bicyclic) bond motifs is 7. The third-order valence-electron chi connectivity index (χ3n) is 7.38. The summed E-state index contributed by atoms with van der Waals surface area (Å²) in [6.07, 6.45) is 1.66. The van der Waals surface area contributed by atoms with Gasteiger partial charge in [-0.05, 0) is 46.7 Å². The van der Waals surface area contributed by atoms with Crippen LogP contribution in [0.3, 0.4) is 0 Å². The van der Waals surface area contributed by atoms with E-state index in [-0.39, 0.29) is 5.92 Å². The van der Waals surface area contributed by atoms with Gasteiger partial charge in [-0.1, -0.05) is 66.7 Å². The molecule has 1 aliphatic rings. The summed E-state index contributed by atoms with van der Waals surface area (Å²) in [5.41, 5.74) is 5.31. The van der Waals surface area contributed by atoms with Crippen LogP contribution in [0.25, 0.3) is 38.8 Å². The molecular weight excluding hydrogens is 486 g/mol. The zero-order valence-corrected chi connectivity index (χ0v) is 20.9. The van der Waals surface area contributed by atoms with Gasteiger partial charge < -0.3 is 9.47 Å². The average Bonchev–Trinajstić information content (AvgIpc) is 3.44. The molecule has 39 heavy (non-hydrogen) atoms. The van der Waals surface area contributed by atoms with E-state index in [1.807, 2.05) is 54.6 Å². The molecule has 0 amide bonds. The molecule has 7 aromatic rings. The van der Waals surface area contributed by atoms with Crippen molar-refractivity contribution in [1.29, 1.82) is 0 Å². The fourth-order valence-electron chi connectivity index (χ4n) is 5.53. The van der Waals surface area contributed by atoms with Gasteiger partial charge in [0.15, 0.2) is 5.65 Å². The molecule has 0 aliphatic carbocycles. The number of nitrogens with zero attached hydrogens (tertiary/aromatic N) is 5. The Balaban J connectivity index is 1.39. The second kappa shape index (κ2) is 8.36. The molecule has 0 spiro atoms. The number of methoxy groups -OCH3 is 1. The number of hydrogen-bond donors (Lipinski definition) is 0. The first-order valence-corrected chi connectivity index (χ1v) is 12.7. The van der Waals surface area contributed by atoms with Gasteiger partial charge in [-0.2, -0.15) is 0 Å². The number of pyridine rings is 1. The fourth-order valence-corrected chi connectivity index (χ4v) is 5.53. The summed E-state index contributed by atoms with van der Waals surface area (Å²) in [5.74, 6) is 2.46. The van der Waals surface area contributed by atoms with Gasteiger partial charge in [0.1, 0.15) is 23.5 Å². The Morgan fingerprint density at radius 1 is 0.769 bits per heavy atom. The zero-order chi connectivity index (χ0) is 25.9. The van der Waals surface area contributed by atoms with Gasteiger partial charge in [0.2, 0.25) is 11.7 Å². The summed E-state index contributed by atoms with van der Waals surface area (Å²) in [7, 11) is 1.67.